The van der Waals surface area contributed by atoms with Gasteiger partial charge in [-0.25, -0.2) is 4.79 Å². The lowest BCUT2D eigenvalue weighted by atomic mass is 9.83. The number of rotatable bonds is 16. The molecule has 0 saturated heterocycles. The van der Waals surface area contributed by atoms with Gasteiger partial charge in [0.05, 0.1) is 24.4 Å². The molecule has 0 N–H and O–H groups in total. The SMILES string of the molecule is CCCCCC(O[Si](C)(C)C(C)(C)C)c1ccc([C@@H]2[C@@H](CCCc3cccc(C(=O)OCC)c3)[C@H](Cl)C[C@@H]2O[Si](C)(C)C(C)(C)C)cc1. The van der Waals surface area contributed by atoms with Crippen LogP contribution in [-0.4, -0.2) is 40.7 Å². The first kappa shape index (κ1) is 41.0. The monoisotopic (exact) mass is 714 g/mol. The molecule has 0 bridgehead atoms. The maximum Gasteiger partial charge on any atom is 0.338 e. The highest BCUT2D eigenvalue weighted by Crippen LogP contribution is 2.50. The summed E-state index contributed by atoms with van der Waals surface area (Å²) in [6.45, 7) is 27.9. The number of carbonyl (C=O) groups excluding carboxylic acids is 1. The first-order valence-electron chi connectivity index (χ1n) is 18.7. The summed E-state index contributed by atoms with van der Waals surface area (Å²) in [4.78, 5) is 12.3. The molecule has 1 unspecified atom stereocenters. The Kier molecular flexibility index (Phi) is 14.7. The summed E-state index contributed by atoms with van der Waals surface area (Å²) in [5.74, 6) is 0.290. The molecule has 48 heavy (non-hydrogen) atoms. The number of carbonyl (C=O) groups is 1. The third kappa shape index (κ3) is 10.8. The topological polar surface area (TPSA) is 44.8 Å². The van der Waals surface area contributed by atoms with E-state index in [2.05, 4.69) is 105 Å². The van der Waals surface area contributed by atoms with Crippen LogP contribution in [0.4, 0.5) is 0 Å². The van der Waals surface area contributed by atoms with Crippen molar-refractivity contribution < 1.29 is 18.4 Å². The van der Waals surface area contributed by atoms with Crippen LogP contribution in [0.5, 0.6) is 0 Å². The van der Waals surface area contributed by atoms with Gasteiger partial charge in [-0.1, -0.05) is 104 Å². The highest BCUT2D eigenvalue weighted by molar-refractivity contribution is 6.74. The largest absolute Gasteiger partial charge is 0.462 e. The lowest BCUT2D eigenvalue weighted by molar-refractivity contribution is 0.0526. The molecular weight excluding hydrogens is 648 g/mol. The first-order valence-corrected chi connectivity index (χ1v) is 24.9. The minimum atomic E-state index is -2.02. The van der Waals surface area contributed by atoms with Gasteiger partial charge in [-0.15, -0.1) is 11.6 Å². The van der Waals surface area contributed by atoms with E-state index in [-0.39, 0.29) is 39.5 Å². The second kappa shape index (κ2) is 17.2. The first-order chi connectivity index (χ1) is 22.3. The van der Waals surface area contributed by atoms with Gasteiger partial charge in [0.25, 0.3) is 0 Å². The number of esters is 1. The summed E-state index contributed by atoms with van der Waals surface area (Å²) < 4.78 is 19.5. The van der Waals surface area contributed by atoms with Crippen LogP contribution in [0, 0.1) is 5.92 Å². The average Bonchev–Trinajstić information content (AvgIpc) is 3.29. The number of ether oxygens (including phenoxy) is 1. The second-order valence-electron chi connectivity index (χ2n) is 17.2. The summed E-state index contributed by atoms with van der Waals surface area (Å²) in [6, 6.07) is 17.3. The average molecular weight is 716 g/mol. The van der Waals surface area contributed by atoms with E-state index in [9.17, 15) is 4.79 Å². The number of alkyl halides is 1. The van der Waals surface area contributed by atoms with Crippen molar-refractivity contribution in [3.63, 3.8) is 0 Å². The maximum absolute atomic E-state index is 12.3. The zero-order valence-electron chi connectivity index (χ0n) is 32.4. The van der Waals surface area contributed by atoms with E-state index in [1.165, 1.54) is 30.4 Å². The summed E-state index contributed by atoms with van der Waals surface area (Å²) in [5, 5.41) is 0.341. The van der Waals surface area contributed by atoms with Crippen molar-refractivity contribution in [3.05, 3.63) is 70.8 Å². The van der Waals surface area contributed by atoms with Crippen LogP contribution in [0.15, 0.2) is 48.5 Å². The predicted octanol–water partition coefficient (Wildman–Crippen LogP) is 12.6. The standard InChI is InChI=1S/C41H67ClO4Si2/c1-13-15-16-23-36(45-47(9,10)40(3,4)5)31-24-26-32(27-25-31)38-34(35(42)29-37(38)46-48(11,12)41(6,7)8)22-18-20-30-19-17-21-33(28-30)39(43)44-14-2/h17,19,21,24-28,34-38H,13-16,18,20,22-23,29H2,1-12H3/t34-,35+,36?,37-,38+/m0/s1. The van der Waals surface area contributed by atoms with Gasteiger partial charge < -0.3 is 13.6 Å². The van der Waals surface area contributed by atoms with Crippen LogP contribution >= 0.6 is 11.6 Å². The van der Waals surface area contributed by atoms with Crippen molar-refractivity contribution in [1.29, 1.82) is 0 Å². The number of halogens is 1. The van der Waals surface area contributed by atoms with Gasteiger partial charge in [-0.05, 0) is 110 Å². The Morgan fingerprint density at radius 1 is 0.896 bits per heavy atom. The van der Waals surface area contributed by atoms with Crippen LogP contribution < -0.4 is 0 Å². The lowest BCUT2D eigenvalue weighted by Crippen LogP contribution is -2.44. The number of unbranched alkanes of at least 4 members (excludes halogenated alkanes) is 2. The quantitative estimate of drug-likeness (QED) is 0.0751. The summed E-state index contributed by atoms with van der Waals surface area (Å²) in [6.07, 6.45) is 8.69. The third-order valence-corrected chi connectivity index (χ3v) is 21.0. The van der Waals surface area contributed by atoms with Gasteiger partial charge in [0, 0.05) is 11.3 Å². The molecule has 0 heterocycles. The Labute approximate surface area is 301 Å². The zero-order chi connectivity index (χ0) is 35.9. The van der Waals surface area contributed by atoms with Crippen molar-refractivity contribution in [3.8, 4) is 0 Å². The summed E-state index contributed by atoms with van der Waals surface area (Å²) >= 11 is 7.27. The molecule has 0 aliphatic heterocycles. The fourth-order valence-electron chi connectivity index (χ4n) is 6.49. The minimum Gasteiger partial charge on any atom is -0.462 e. The number of hydrogen-bond donors (Lipinski definition) is 0. The highest BCUT2D eigenvalue weighted by atomic mass is 35.5. The summed E-state index contributed by atoms with van der Waals surface area (Å²) in [7, 11) is -3.96. The molecule has 1 aliphatic rings. The van der Waals surface area contributed by atoms with Crippen molar-refractivity contribution in [2.24, 2.45) is 5.92 Å². The molecule has 1 aliphatic carbocycles. The predicted molar refractivity (Wildman–Crippen MR) is 210 cm³/mol. The van der Waals surface area contributed by atoms with Crippen LogP contribution in [0.2, 0.25) is 36.3 Å². The Hall–Kier alpha value is -1.45. The van der Waals surface area contributed by atoms with Gasteiger partial charge in [-0.3, -0.25) is 0 Å². The van der Waals surface area contributed by atoms with Crippen molar-refractivity contribution in [1.82, 2.24) is 0 Å². The van der Waals surface area contributed by atoms with Crippen LogP contribution in [0.25, 0.3) is 0 Å². The van der Waals surface area contributed by atoms with Crippen molar-refractivity contribution in [2.75, 3.05) is 6.61 Å². The Morgan fingerprint density at radius 2 is 1.54 bits per heavy atom. The Morgan fingerprint density at radius 3 is 2.12 bits per heavy atom. The number of hydrogen-bond acceptors (Lipinski definition) is 4. The van der Waals surface area contributed by atoms with E-state index in [4.69, 9.17) is 25.2 Å². The van der Waals surface area contributed by atoms with E-state index in [1.807, 2.05) is 25.1 Å². The molecule has 7 heteroatoms. The Balaban J connectivity index is 1.89. The molecule has 1 fully saturated rings. The van der Waals surface area contributed by atoms with Gasteiger partial charge in [-0.2, -0.15) is 0 Å². The molecule has 0 aromatic heterocycles. The zero-order valence-corrected chi connectivity index (χ0v) is 35.1. The van der Waals surface area contributed by atoms with E-state index in [1.54, 1.807) is 0 Å². The number of aryl methyl sites for hydroxylation is 1. The fraction of sp³-hybridized carbons (Fsp3) is 0.683. The molecule has 0 amide bonds. The van der Waals surface area contributed by atoms with Crippen molar-refractivity contribution in [2.45, 2.75) is 167 Å². The van der Waals surface area contributed by atoms with E-state index < -0.39 is 16.6 Å². The van der Waals surface area contributed by atoms with Crippen LogP contribution in [0.1, 0.15) is 139 Å². The third-order valence-electron chi connectivity index (χ3n) is 11.5. The fourth-order valence-corrected chi connectivity index (χ4v) is 9.62. The Bertz CT molecular complexity index is 1290. The van der Waals surface area contributed by atoms with Gasteiger partial charge in [0.15, 0.2) is 16.6 Å². The van der Waals surface area contributed by atoms with E-state index >= 15 is 0 Å². The van der Waals surface area contributed by atoms with Gasteiger partial charge in [0.1, 0.15) is 0 Å². The van der Waals surface area contributed by atoms with Gasteiger partial charge >= 0.3 is 5.97 Å². The molecule has 5 atom stereocenters. The normalized spacial score (nSPS) is 21.4. The van der Waals surface area contributed by atoms with E-state index in [0.29, 0.717) is 18.1 Å². The van der Waals surface area contributed by atoms with Crippen molar-refractivity contribution >= 4 is 34.2 Å². The molecule has 1 saturated carbocycles. The highest BCUT2D eigenvalue weighted by Gasteiger charge is 2.48. The molecule has 4 nitrogen and oxygen atoms in total. The summed E-state index contributed by atoms with van der Waals surface area (Å²) in [5.41, 5.74) is 4.41. The second-order valence-corrected chi connectivity index (χ2v) is 27.3. The molecule has 2 aromatic rings. The molecule has 3 rings (SSSR count). The molecule has 0 spiro atoms. The molecular formula is C41H67ClO4Si2. The van der Waals surface area contributed by atoms with Gasteiger partial charge in [0.2, 0.25) is 0 Å². The minimum absolute atomic E-state index is 0.0546. The molecule has 270 valence electrons. The van der Waals surface area contributed by atoms with E-state index in [0.717, 1.165) is 37.7 Å². The molecule has 2 aromatic carbocycles. The number of benzene rings is 2. The smallest absolute Gasteiger partial charge is 0.338 e. The lowest BCUT2D eigenvalue weighted by Gasteiger charge is -2.40. The van der Waals surface area contributed by atoms with Crippen LogP contribution in [0.3, 0.4) is 0 Å². The van der Waals surface area contributed by atoms with Crippen LogP contribution in [-0.2, 0) is 20.0 Å². The molecule has 0 radical (unpaired) electrons. The maximum atomic E-state index is 12.3.